The highest BCUT2D eigenvalue weighted by Gasteiger charge is 2.56. The first-order valence-corrected chi connectivity index (χ1v) is 13.9. The highest BCUT2D eigenvalue weighted by atomic mass is 19.1. The van der Waals surface area contributed by atoms with Crippen LogP contribution in [0.25, 0.3) is 10.9 Å². The third kappa shape index (κ3) is 5.06. The molecule has 4 aromatic rings. The SMILES string of the molecule is Cc1nc(F)ccc1[C@H](Nc1cc(C#N)c2ncc(C#N)c(NCC(C)(C)C)c2c1)c1cn(C2(C3CC3)CC2)nn1. The Hall–Kier alpha value is -4.57. The molecule has 3 aromatic heterocycles. The summed E-state index contributed by atoms with van der Waals surface area (Å²) in [6.45, 7) is 8.71. The molecular formula is C31H32FN9. The zero-order valence-electron chi connectivity index (χ0n) is 23.7. The predicted molar refractivity (Wildman–Crippen MR) is 153 cm³/mol. The summed E-state index contributed by atoms with van der Waals surface area (Å²) >= 11 is 0. The highest BCUT2D eigenvalue weighted by molar-refractivity contribution is 5.99. The van der Waals surface area contributed by atoms with Gasteiger partial charge in [-0.1, -0.05) is 32.1 Å². The number of nitrogens with one attached hydrogen (secondary N) is 2. The molecule has 3 heterocycles. The third-order valence-corrected chi connectivity index (χ3v) is 8.09. The van der Waals surface area contributed by atoms with Crippen molar-refractivity contribution in [2.75, 3.05) is 17.2 Å². The van der Waals surface area contributed by atoms with E-state index in [1.165, 1.54) is 25.1 Å². The van der Waals surface area contributed by atoms with Gasteiger partial charge in [-0.3, -0.25) is 4.98 Å². The fourth-order valence-electron chi connectivity index (χ4n) is 5.62. The van der Waals surface area contributed by atoms with Crippen molar-refractivity contribution in [3.05, 3.63) is 70.7 Å². The average molecular weight is 550 g/mol. The molecule has 2 N–H and O–H groups in total. The number of nitrogens with zero attached hydrogens (tertiary/aromatic N) is 7. The van der Waals surface area contributed by atoms with Gasteiger partial charge in [-0.25, -0.2) is 9.67 Å². The maximum atomic E-state index is 14.0. The minimum absolute atomic E-state index is 0.0420. The van der Waals surface area contributed by atoms with Crippen LogP contribution in [-0.4, -0.2) is 31.5 Å². The van der Waals surface area contributed by atoms with Crippen LogP contribution in [0.5, 0.6) is 0 Å². The Balaban J connectivity index is 1.45. The standard InChI is InChI=1S/C31H32FN9/c1-18-23(7-8-26(32)37-18)29(25-16-41(40-39-25)31(9-10-31)21-5-6-21)38-22-11-19(13-33)27-24(12-22)28(20(14-34)15-35-27)36-17-30(2,3)4/h7-8,11-12,15-16,21,29,38H,5-6,9-10,17H2,1-4H3,(H,35,36)/t29-/m0/s1. The lowest BCUT2D eigenvalue weighted by Crippen LogP contribution is -2.20. The Morgan fingerprint density at radius 3 is 2.54 bits per heavy atom. The number of aromatic nitrogens is 5. The van der Waals surface area contributed by atoms with Crippen LogP contribution in [0, 0.1) is 46.9 Å². The molecule has 1 atom stereocenters. The van der Waals surface area contributed by atoms with Crippen molar-refractivity contribution in [1.82, 2.24) is 25.0 Å². The second-order valence-electron chi connectivity index (χ2n) is 12.5. The number of benzene rings is 1. The van der Waals surface area contributed by atoms with Crippen molar-refractivity contribution < 1.29 is 4.39 Å². The van der Waals surface area contributed by atoms with Gasteiger partial charge in [0.1, 0.15) is 17.8 Å². The summed E-state index contributed by atoms with van der Waals surface area (Å²) in [4.78, 5) is 8.52. The number of pyridine rings is 2. The van der Waals surface area contributed by atoms with E-state index in [1.54, 1.807) is 19.1 Å². The van der Waals surface area contributed by atoms with Gasteiger partial charge in [0, 0.05) is 35.1 Å². The molecule has 0 amide bonds. The third-order valence-electron chi connectivity index (χ3n) is 8.09. The smallest absolute Gasteiger partial charge is 0.213 e. The quantitative estimate of drug-likeness (QED) is 0.257. The number of nitriles is 2. The van der Waals surface area contributed by atoms with Crippen molar-refractivity contribution >= 4 is 22.3 Å². The monoisotopic (exact) mass is 549 g/mol. The summed E-state index contributed by atoms with van der Waals surface area (Å²) in [7, 11) is 0. The van der Waals surface area contributed by atoms with E-state index in [2.05, 4.69) is 63.8 Å². The van der Waals surface area contributed by atoms with Crippen LogP contribution in [0.1, 0.15) is 80.6 Å². The minimum Gasteiger partial charge on any atom is -0.383 e. The molecule has 0 unspecified atom stereocenters. The Morgan fingerprint density at radius 1 is 1.15 bits per heavy atom. The van der Waals surface area contributed by atoms with Crippen molar-refractivity contribution in [3.63, 3.8) is 0 Å². The van der Waals surface area contributed by atoms with E-state index in [-0.39, 0.29) is 11.0 Å². The van der Waals surface area contributed by atoms with Gasteiger partial charge in [0.05, 0.1) is 40.1 Å². The lowest BCUT2D eigenvalue weighted by atomic mass is 9.96. The Kier molecular flexibility index (Phi) is 6.37. The van der Waals surface area contributed by atoms with E-state index in [4.69, 9.17) is 0 Å². The minimum atomic E-state index is -0.554. The molecule has 2 aliphatic carbocycles. The highest BCUT2D eigenvalue weighted by Crippen LogP contribution is 2.59. The molecule has 208 valence electrons. The van der Waals surface area contributed by atoms with Crippen LogP contribution in [0.3, 0.4) is 0 Å². The zero-order valence-corrected chi connectivity index (χ0v) is 23.7. The molecule has 0 spiro atoms. The molecule has 2 fully saturated rings. The molecular weight excluding hydrogens is 517 g/mol. The first kappa shape index (κ1) is 26.6. The fraction of sp³-hybridized carbons (Fsp3) is 0.419. The van der Waals surface area contributed by atoms with E-state index in [0.717, 1.165) is 18.4 Å². The summed E-state index contributed by atoms with van der Waals surface area (Å²) in [5.41, 5.74) is 4.54. The second-order valence-corrected chi connectivity index (χ2v) is 12.5. The number of halogens is 1. The van der Waals surface area contributed by atoms with Crippen molar-refractivity contribution in [3.8, 4) is 12.1 Å². The maximum absolute atomic E-state index is 14.0. The van der Waals surface area contributed by atoms with Gasteiger partial charge >= 0.3 is 0 Å². The van der Waals surface area contributed by atoms with E-state index in [0.29, 0.717) is 57.3 Å². The molecule has 6 rings (SSSR count). The molecule has 0 radical (unpaired) electrons. The molecule has 2 saturated carbocycles. The van der Waals surface area contributed by atoms with Gasteiger partial charge in [0.25, 0.3) is 0 Å². The molecule has 10 heteroatoms. The first-order valence-electron chi connectivity index (χ1n) is 13.9. The van der Waals surface area contributed by atoms with Crippen molar-refractivity contribution in [1.29, 1.82) is 10.5 Å². The van der Waals surface area contributed by atoms with Crippen LogP contribution >= 0.6 is 0 Å². The first-order chi connectivity index (χ1) is 19.6. The number of hydrogen-bond acceptors (Lipinski definition) is 8. The summed E-state index contributed by atoms with van der Waals surface area (Å²) in [6.07, 6.45) is 8.13. The van der Waals surface area contributed by atoms with Crippen molar-refractivity contribution in [2.45, 2.75) is 65.0 Å². The Morgan fingerprint density at radius 2 is 1.90 bits per heavy atom. The van der Waals surface area contributed by atoms with Gasteiger partial charge in [-0.15, -0.1) is 5.10 Å². The molecule has 9 nitrogen and oxygen atoms in total. The summed E-state index contributed by atoms with van der Waals surface area (Å²) in [5.74, 6) is 0.0960. The molecule has 0 bridgehead atoms. The number of fused-ring (bicyclic) bond motifs is 1. The van der Waals surface area contributed by atoms with Gasteiger partial charge in [-0.05, 0) is 62.1 Å². The molecule has 2 aliphatic rings. The van der Waals surface area contributed by atoms with E-state index < -0.39 is 12.0 Å². The Bertz CT molecular complexity index is 1730. The molecule has 41 heavy (non-hydrogen) atoms. The Labute approximate surface area is 238 Å². The number of anilines is 2. The number of aryl methyl sites for hydroxylation is 1. The summed E-state index contributed by atoms with van der Waals surface area (Å²) in [6, 6.07) is 10.7. The van der Waals surface area contributed by atoms with E-state index in [1.807, 2.05) is 16.9 Å². The topological polar surface area (TPSA) is 128 Å². The van der Waals surface area contributed by atoms with E-state index >= 15 is 0 Å². The number of hydrogen-bond donors (Lipinski definition) is 2. The zero-order chi connectivity index (χ0) is 28.9. The lowest BCUT2D eigenvalue weighted by Gasteiger charge is -2.23. The second kappa shape index (κ2) is 9.81. The van der Waals surface area contributed by atoms with Gasteiger partial charge in [0.2, 0.25) is 5.95 Å². The predicted octanol–water partition coefficient (Wildman–Crippen LogP) is 5.97. The fourth-order valence-corrected chi connectivity index (χ4v) is 5.62. The maximum Gasteiger partial charge on any atom is 0.213 e. The van der Waals surface area contributed by atoms with Crippen LogP contribution < -0.4 is 10.6 Å². The normalized spacial score (nSPS) is 16.6. The van der Waals surface area contributed by atoms with Crippen LogP contribution in [0.2, 0.25) is 0 Å². The number of rotatable bonds is 8. The van der Waals surface area contributed by atoms with Crippen LogP contribution in [-0.2, 0) is 5.54 Å². The molecule has 1 aromatic carbocycles. The van der Waals surface area contributed by atoms with Crippen molar-refractivity contribution in [2.24, 2.45) is 11.3 Å². The van der Waals surface area contributed by atoms with Gasteiger partial charge in [-0.2, -0.15) is 14.9 Å². The van der Waals surface area contributed by atoms with E-state index in [9.17, 15) is 14.9 Å². The summed E-state index contributed by atoms with van der Waals surface area (Å²) in [5, 5.41) is 36.6. The average Bonchev–Trinajstić information content (AvgIpc) is 3.87. The van der Waals surface area contributed by atoms with Crippen LogP contribution in [0.4, 0.5) is 15.8 Å². The molecule has 0 saturated heterocycles. The lowest BCUT2D eigenvalue weighted by molar-refractivity contribution is 0.371. The summed E-state index contributed by atoms with van der Waals surface area (Å²) < 4.78 is 16.0. The largest absolute Gasteiger partial charge is 0.383 e. The molecule has 0 aliphatic heterocycles. The van der Waals surface area contributed by atoms with Gasteiger partial charge < -0.3 is 10.6 Å². The van der Waals surface area contributed by atoms with Gasteiger partial charge in [0.15, 0.2) is 0 Å². The van der Waals surface area contributed by atoms with Crippen LogP contribution in [0.15, 0.2) is 36.7 Å².